The molecule has 0 aliphatic carbocycles. The molecule has 1 atom stereocenters. The van der Waals surface area contributed by atoms with Gasteiger partial charge in [0.1, 0.15) is 23.0 Å². The summed E-state index contributed by atoms with van der Waals surface area (Å²) in [6.45, 7) is 1.31. The van der Waals surface area contributed by atoms with Crippen LogP contribution in [0.2, 0.25) is 0 Å². The first kappa shape index (κ1) is 26.3. The van der Waals surface area contributed by atoms with E-state index < -0.39 is 18.0 Å². The van der Waals surface area contributed by atoms with Crippen LogP contribution in [-0.2, 0) is 4.79 Å². The molecule has 1 aromatic heterocycles. The fraction of sp³-hybridized carbons (Fsp3) is 0.321. The van der Waals surface area contributed by atoms with Crippen molar-refractivity contribution in [1.82, 2.24) is 14.6 Å². The smallest absolute Gasteiger partial charge is 0.409 e. The lowest BCUT2D eigenvalue weighted by molar-refractivity contribution is -0.128. The number of alkyl halides is 3. The van der Waals surface area contributed by atoms with E-state index in [0.717, 1.165) is 6.42 Å². The molecule has 2 aromatic carbocycles. The van der Waals surface area contributed by atoms with Crippen molar-refractivity contribution in [2.75, 3.05) is 25.1 Å². The van der Waals surface area contributed by atoms with Gasteiger partial charge in [0.05, 0.1) is 0 Å². The Labute approximate surface area is 223 Å². The van der Waals surface area contributed by atoms with Gasteiger partial charge in [0.2, 0.25) is 5.91 Å². The molecular formula is C28H28F3N5O3. The Balaban J connectivity index is 1.34. The van der Waals surface area contributed by atoms with Crippen LogP contribution in [0.15, 0.2) is 66.7 Å². The molecule has 1 unspecified atom stereocenters. The van der Waals surface area contributed by atoms with Crippen LogP contribution < -0.4 is 15.9 Å². The third-order valence-corrected chi connectivity index (χ3v) is 7.14. The number of carbonyl (C=O) groups excluding carboxylic acids is 2. The van der Waals surface area contributed by atoms with E-state index >= 15 is 0 Å². The predicted molar refractivity (Wildman–Crippen MR) is 139 cm³/mol. The van der Waals surface area contributed by atoms with Crippen LogP contribution in [0.1, 0.15) is 41.5 Å². The van der Waals surface area contributed by atoms with E-state index in [1.54, 1.807) is 16.8 Å². The molecule has 0 spiro atoms. The minimum atomic E-state index is -4.52. The Morgan fingerprint density at radius 1 is 1.00 bits per heavy atom. The predicted octanol–water partition coefficient (Wildman–Crippen LogP) is 4.83. The summed E-state index contributed by atoms with van der Waals surface area (Å²) in [6.07, 6.45) is -1.96. The highest BCUT2D eigenvalue weighted by Crippen LogP contribution is 2.39. The van der Waals surface area contributed by atoms with Crippen molar-refractivity contribution in [2.45, 2.75) is 31.4 Å². The summed E-state index contributed by atoms with van der Waals surface area (Å²) in [5.41, 5.74) is 10.5. The van der Waals surface area contributed by atoms with Crippen LogP contribution in [0.4, 0.5) is 13.2 Å². The van der Waals surface area contributed by atoms with Crippen LogP contribution in [0.3, 0.4) is 0 Å². The number of likely N-dealkylation sites (tertiary alicyclic amines) is 1. The number of nitrogens with one attached hydrogen (secondary N) is 1. The molecular weight excluding hydrogens is 511 g/mol. The van der Waals surface area contributed by atoms with Gasteiger partial charge in [-0.2, -0.15) is 13.2 Å². The van der Waals surface area contributed by atoms with Crippen LogP contribution in [0.25, 0.3) is 11.3 Å². The Morgan fingerprint density at radius 3 is 2.31 bits per heavy atom. The number of halogens is 3. The molecule has 1 saturated heterocycles. The SMILES string of the molecule is NC(=O)c1c(-c2ccc(Oc3ccccc3)cc2)nc2n1NCCC2C1CCN(C(=O)/C=C/C(F)(F)F)CC1. The third-order valence-electron chi connectivity index (χ3n) is 7.14. The van der Waals surface area contributed by atoms with Crippen molar-refractivity contribution < 1.29 is 27.5 Å². The molecule has 204 valence electrons. The summed E-state index contributed by atoms with van der Waals surface area (Å²) in [6, 6.07) is 16.6. The summed E-state index contributed by atoms with van der Waals surface area (Å²) in [7, 11) is 0. The van der Waals surface area contributed by atoms with Crippen molar-refractivity contribution in [3.05, 3.63) is 78.3 Å². The van der Waals surface area contributed by atoms with Crippen LogP contribution in [-0.4, -0.2) is 52.2 Å². The molecule has 3 aromatic rings. The Hall–Kier alpha value is -4.28. The Kier molecular flexibility index (Phi) is 7.32. The number of carbonyl (C=O) groups is 2. The van der Waals surface area contributed by atoms with Crippen molar-refractivity contribution in [1.29, 1.82) is 0 Å². The largest absolute Gasteiger partial charge is 0.457 e. The number of nitrogens with zero attached hydrogens (tertiary/aromatic N) is 3. The molecule has 3 heterocycles. The Bertz CT molecular complexity index is 1360. The lowest BCUT2D eigenvalue weighted by atomic mass is 9.81. The van der Waals surface area contributed by atoms with E-state index in [-0.39, 0.29) is 23.6 Å². The minimum absolute atomic E-state index is 0.00163. The van der Waals surface area contributed by atoms with Gasteiger partial charge in [-0.3, -0.25) is 9.59 Å². The van der Waals surface area contributed by atoms with Gasteiger partial charge in [0.25, 0.3) is 5.91 Å². The van der Waals surface area contributed by atoms with Gasteiger partial charge in [-0.05, 0) is 61.6 Å². The fourth-order valence-corrected chi connectivity index (χ4v) is 5.28. The number of amides is 2. The average Bonchev–Trinajstić information content (AvgIpc) is 3.33. The Morgan fingerprint density at radius 2 is 1.67 bits per heavy atom. The second kappa shape index (κ2) is 10.8. The van der Waals surface area contributed by atoms with Gasteiger partial charge in [-0.15, -0.1) is 0 Å². The number of allylic oxidation sites excluding steroid dienone is 1. The summed E-state index contributed by atoms with van der Waals surface area (Å²) >= 11 is 0. The molecule has 2 amide bonds. The zero-order valence-electron chi connectivity index (χ0n) is 21.0. The van der Waals surface area contributed by atoms with Gasteiger partial charge in [0.15, 0.2) is 5.69 Å². The van der Waals surface area contributed by atoms with E-state index in [1.165, 1.54) is 4.90 Å². The quantitative estimate of drug-likeness (QED) is 0.437. The normalized spacial score (nSPS) is 18.0. The third kappa shape index (κ3) is 5.92. The molecule has 2 aliphatic heterocycles. The fourth-order valence-electron chi connectivity index (χ4n) is 5.28. The highest BCUT2D eigenvalue weighted by Gasteiger charge is 2.36. The highest BCUT2D eigenvalue weighted by molar-refractivity contribution is 5.97. The molecule has 0 saturated carbocycles. The summed E-state index contributed by atoms with van der Waals surface area (Å²) < 4.78 is 44.9. The number of hydrogen-bond acceptors (Lipinski definition) is 5. The minimum Gasteiger partial charge on any atom is -0.457 e. The molecule has 5 rings (SSSR count). The topological polar surface area (TPSA) is 102 Å². The summed E-state index contributed by atoms with van der Waals surface area (Å²) in [5, 5.41) is 0. The molecule has 2 aliphatic rings. The van der Waals surface area contributed by atoms with E-state index in [1.807, 2.05) is 42.5 Å². The number of fused-ring (bicyclic) bond motifs is 1. The number of nitrogens with two attached hydrogens (primary N) is 1. The van der Waals surface area contributed by atoms with Crippen LogP contribution >= 0.6 is 0 Å². The maximum absolute atomic E-state index is 12.5. The number of para-hydroxylation sites is 1. The highest BCUT2D eigenvalue weighted by atomic mass is 19.4. The van der Waals surface area contributed by atoms with Crippen molar-refractivity contribution in [3.8, 4) is 22.8 Å². The molecule has 11 heteroatoms. The van der Waals surface area contributed by atoms with Gasteiger partial charge < -0.3 is 20.8 Å². The lowest BCUT2D eigenvalue weighted by Gasteiger charge is -2.37. The van der Waals surface area contributed by atoms with E-state index in [2.05, 4.69) is 5.43 Å². The number of hydrogen-bond donors (Lipinski definition) is 2. The molecule has 3 N–H and O–H groups in total. The number of aromatic nitrogens is 2. The van der Waals surface area contributed by atoms with E-state index in [0.29, 0.717) is 67.1 Å². The van der Waals surface area contributed by atoms with E-state index in [9.17, 15) is 22.8 Å². The molecule has 39 heavy (non-hydrogen) atoms. The van der Waals surface area contributed by atoms with Crippen molar-refractivity contribution >= 4 is 11.8 Å². The molecule has 1 fully saturated rings. The molecule has 8 nitrogen and oxygen atoms in total. The molecule has 0 radical (unpaired) electrons. The second-order valence-electron chi connectivity index (χ2n) is 9.65. The maximum Gasteiger partial charge on any atom is 0.409 e. The zero-order valence-corrected chi connectivity index (χ0v) is 21.0. The van der Waals surface area contributed by atoms with Gasteiger partial charge >= 0.3 is 6.18 Å². The first-order chi connectivity index (χ1) is 18.7. The number of primary amides is 1. The van der Waals surface area contributed by atoms with Crippen molar-refractivity contribution in [2.24, 2.45) is 11.7 Å². The van der Waals surface area contributed by atoms with Crippen molar-refractivity contribution in [3.63, 3.8) is 0 Å². The molecule has 0 bridgehead atoms. The number of ether oxygens (including phenoxy) is 1. The zero-order chi connectivity index (χ0) is 27.6. The summed E-state index contributed by atoms with van der Waals surface area (Å²) in [4.78, 5) is 31.0. The van der Waals surface area contributed by atoms with Crippen LogP contribution in [0, 0.1) is 5.92 Å². The second-order valence-corrected chi connectivity index (χ2v) is 9.65. The average molecular weight is 540 g/mol. The number of benzene rings is 2. The standard InChI is InChI=1S/C28H28F3N5O3/c29-28(30,31)14-10-23(37)35-16-12-18(13-17-35)22-11-15-33-36-25(26(32)38)24(34-27(22)36)19-6-8-21(9-7-19)39-20-4-2-1-3-5-20/h1-10,14,18,22,33H,11-13,15-17H2,(H2,32,38)/b14-10+. The number of imidazole rings is 1. The maximum atomic E-state index is 12.5. The van der Waals surface area contributed by atoms with E-state index in [4.69, 9.17) is 15.5 Å². The first-order valence-electron chi connectivity index (χ1n) is 12.7. The first-order valence-corrected chi connectivity index (χ1v) is 12.7. The number of rotatable bonds is 6. The van der Waals surface area contributed by atoms with Crippen LogP contribution in [0.5, 0.6) is 11.5 Å². The van der Waals surface area contributed by atoms with Gasteiger partial charge in [-0.1, -0.05) is 18.2 Å². The van der Waals surface area contributed by atoms with Gasteiger partial charge in [-0.25, -0.2) is 9.66 Å². The monoisotopic (exact) mass is 539 g/mol. The number of piperidine rings is 1. The lowest BCUT2D eigenvalue weighted by Crippen LogP contribution is -2.41. The summed E-state index contributed by atoms with van der Waals surface area (Å²) in [5.74, 6) is 0.930. The van der Waals surface area contributed by atoms with Gasteiger partial charge in [0, 0.05) is 43.3 Å².